The van der Waals surface area contributed by atoms with Crippen LogP contribution in [0.4, 0.5) is 17.6 Å². The van der Waals surface area contributed by atoms with Crippen molar-refractivity contribution in [2.75, 3.05) is 6.54 Å². The summed E-state index contributed by atoms with van der Waals surface area (Å²) in [7, 11) is -3.94. The number of sulfonamides is 1. The fourth-order valence-corrected chi connectivity index (χ4v) is 5.80. The Hall–Kier alpha value is -3.11. The van der Waals surface area contributed by atoms with Crippen LogP contribution in [0.15, 0.2) is 71.6 Å². The SMILES string of the molecule is O=C(CCc1cccc(-c2ccc(C(F)(F)F)cc2)n1)[C@@H]1CCCN1S(=O)(=O)c1ccc(F)cc1. The Labute approximate surface area is 200 Å². The van der Waals surface area contributed by atoms with Crippen LogP contribution in [-0.2, 0) is 27.4 Å². The number of carbonyl (C=O) groups is 1. The average Bonchev–Trinajstić information content (AvgIpc) is 3.34. The smallest absolute Gasteiger partial charge is 0.298 e. The van der Waals surface area contributed by atoms with Gasteiger partial charge in [0.15, 0.2) is 5.78 Å². The fraction of sp³-hybridized carbons (Fsp3) is 0.280. The van der Waals surface area contributed by atoms with Gasteiger partial charge >= 0.3 is 6.18 Å². The van der Waals surface area contributed by atoms with Crippen molar-refractivity contribution in [3.05, 3.63) is 83.8 Å². The van der Waals surface area contributed by atoms with Crippen molar-refractivity contribution in [1.82, 2.24) is 9.29 Å². The summed E-state index contributed by atoms with van der Waals surface area (Å²) >= 11 is 0. The van der Waals surface area contributed by atoms with Gasteiger partial charge in [-0.15, -0.1) is 0 Å². The summed E-state index contributed by atoms with van der Waals surface area (Å²) in [4.78, 5) is 17.3. The molecule has 0 unspecified atom stereocenters. The van der Waals surface area contributed by atoms with Crippen LogP contribution in [0.3, 0.4) is 0 Å². The van der Waals surface area contributed by atoms with E-state index in [1.54, 1.807) is 18.2 Å². The standard InChI is InChI=1S/C25H22F4N2O3S/c26-19-10-13-21(14-11-19)35(33,34)31-16-2-5-23(31)24(32)15-12-20-3-1-4-22(30-20)17-6-8-18(9-7-17)25(27,28)29/h1,3-4,6-11,13-14,23H,2,5,12,15-16H2/t23-/m0/s1. The monoisotopic (exact) mass is 506 g/mol. The molecule has 1 aliphatic heterocycles. The minimum absolute atomic E-state index is 0.0591. The number of hydrogen-bond acceptors (Lipinski definition) is 4. The zero-order valence-corrected chi connectivity index (χ0v) is 19.3. The largest absolute Gasteiger partial charge is 0.416 e. The van der Waals surface area contributed by atoms with Gasteiger partial charge < -0.3 is 0 Å². The number of hydrogen-bond donors (Lipinski definition) is 0. The average molecular weight is 507 g/mol. The van der Waals surface area contributed by atoms with E-state index in [4.69, 9.17) is 0 Å². The molecule has 1 aliphatic rings. The third-order valence-corrected chi connectivity index (χ3v) is 7.86. The lowest BCUT2D eigenvalue weighted by Crippen LogP contribution is -2.40. The summed E-state index contributed by atoms with van der Waals surface area (Å²) in [6, 6.07) is 13.4. The summed E-state index contributed by atoms with van der Waals surface area (Å²) in [5, 5.41) is 0. The number of carbonyl (C=O) groups excluding carboxylic acids is 1. The third kappa shape index (κ3) is 5.59. The summed E-state index contributed by atoms with van der Waals surface area (Å²) < 4.78 is 78.8. The molecule has 184 valence electrons. The molecule has 0 amide bonds. The highest BCUT2D eigenvalue weighted by Crippen LogP contribution is 2.31. The normalized spacial score (nSPS) is 17.0. The van der Waals surface area contributed by atoms with Crippen LogP contribution in [0.1, 0.15) is 30.5 Å². The second-order valence-corrected chi connectivity index (χ2v) is 10.2. The van der Waals surface area contributed by atoms with Crippen molar-refractivity contribution in [3.63, 3.8) is 0 Å². The molecule has 35 heavy (non-hydrogen) atoms. The Balaban J connectivity index is 1.44. The molecule has 2 aromatic carbocycles. The molecule has 0 bridgehead atoms. The quantitative estimate of drug-likeness (QED) is 0.410. The van der Waals surface area contributed by atoms with E-state index in [0.29, 0.717) is 29.8 Å². The third-order valence-electron chi connectivity index (χ3n) is 5.94. The van der Waals surface area contributed by atoms with Crippen LogP contribution < -0.4 is 0 Å². The summed E-state index contributed by atoms with van der Waals surface area (Å²) in [6.45, 7) is 0.206. The fourth-order valence-electron chi connectivity index (χ4n) is 4.12. The van der Waals surface area contributed by atoms with E-state index in [0.717, 1.165) is 24.3 Å². The number of alkyl halides is 3. The molecule has 0 spiro atoms. The zero-order valence-electron chi connectivity index (χ0n) is 18.5. The lowest BCUT2D eigenvalue weighted by molar-refractivity contribution is -0.137. The molecule has 10 heteroatoms. The molecule has 1 aromatic heterocycles. The van der Waals surface area contributed by atoms with Gasteiger partial charge in [0.05, 0.1) is 22.2 Å². The molecule has 0 aliphatic carbocycles. The summed E-state index contributed by atoms with van der Waals surface area (Å²) in [5.74, 6) is -0.793. The van der Waals surface area contributed by atoms with Gasteiger partial charge in [0, 0.05) is 24.2 Å². The number of benzene rings is 2. The Morgan fingerprint density at radius 3 is 2.34 bits per heavy atom. The van der Waals surface area contributed by atoms with Crippen LogP contribution in [0, 0.1) is 5.82 Å². The zero-order chi connectivity index (χ0) is 25.2. The van der Waals surface area contributed by atoms with Gasteiger partial charge in [0.2, 0.25) is 10.0 Å². The number of halogens is 4. The molecular weight excluding hydrogens is 484 g/mol. The highest BCUT2D eigenvalue weighted by Gasteiger charge is 2.39. The molecule has 1 atom stereocenters. The first-order valence-electron chi connectivity index (χ1n) is 11.0. The van der Waals surface area contributed by atoms with Crippen molar-refractivity contribution in [2.24, 2.45) is 0 Å². The van der Waals surface area contributed by atoms with Crippen molar-refractivity contribution in [2.45, 2.75) is 42.8 Å². The molecule has 1 fully saturated rings. The topological polar surface area (TPSA) is 67.3 Å². The molecule has 1 saturated heterocycles. The van der Waals surface area contributed by atoms with E-state index in [2.05, 4.69) is 4.98 Å². The number of pyridine rings is 1. The Bertz CT molecular complexity index is 1310. The molecule has 2 heterocycles. The highest BCUT2D eigenvalue weighted by atomic mass is 32.2. The van der Waals surface area contributed by atoms with E-state index in [9.17, 15) is 30.8 Å². The van der Waals surface area contributed by atoms with Crippen molar-refractivity contribution >= 4 is 15.8 Å². The lowest BCUT2D eigenvalue weighted by atomic mass is 10.0. The minimum Gasteiger partial charge on any atom is -0.298 e. The van der Waals surface area contributed by atoms with Crippen molar-refractivity contribution in [1.29, 1.82) is 0 Å². The van der Waals surface area contributed by atoms with E-state index in [1.807, 2.05) is 0 Å². The second-order valence-electron chi connectivity index (χ2n) is 8.28. The number of Topliss-reactive ketones (excluding diaryl/α,β-unsaturated/α-hetero) is 1. The van der Waals surface area contributed by atoms with E-state index >= 15 is 0 Å². The first-order chi connectivity index (χ1) is 16.6. The van der Waals surface area contributed by atoms with Gasteiger partial charge in [-0.2, -0.15) is 17.5 Å². The predicted octanol–water partition coefficient (Wildman–Crippen LogP) is 5.26. The number of aryl methyl sites for hydroxylation is 1. The van der Waals surface area contributed by atoms with Crippen molar-refractivity contribution < 1.29 is 30.8 Å². The Morgan fingerprint density at radius 1 is 1.00 bits per heavy atom. The Kier molecular flexibility index (Phi) is 7.05. The number of nitrogens with zero attached hydrogens (tertiary/aromatic N) is 2. The molecule has 0 N–H and O–H groups in total. The van der Waals surface area contributed by atoms with Crippen LogP contribution in [0.25, 0.3) is 11.3 Å². The van der Waals surface area contributed by atoms with Crippen LogP contribution in [-0.4, -0.2) is 36.1 Å². The van der Waals surface area contributed by atoms with Crippen LogP contribution in [0.5, 0.6) is 0 Å². The maximum atomic E-state index is 13.2. The molecule has 4 rings (SSSR count). The lowest BCUT2D eigenvalue weighted by Gasteiger charge is -2.23. The van der Waals surface area contributed by atoms with Crippen LogP contribution in [0.2, 0.25) is 0 Å². The molecular formula is C25H22F4N2O3S. The number of rotatable bonds is 7. The minimum atomic E-state index is -4.42. The van der Waals surface area contributed by atoms with E-state index in [1.165, 1.54) is 28.6 Å². The Morgan fingerprint density at radius 2 is 1.69 bits per heavy atom. The molecule has 0 saturated carbocycles. The predicted molar refractivity (Wildman–Crippen MR) is 121 cm³/mol. The molecule has 5 nitrogen and oxygen atoms in total. The van der Waals surface area contributed by atoms with Gasteiger partial charge in [-0.3, -0.25) is 9.78 Å². The van der Waals surface area contributed by atoms with Gasteiger partial charge in [-0.25, -0.2) is 12.8 Å². The maximum absolute atomic E-state index is 13.2. The molecule has 0 radical (unpaired) electrons. The number of ketones is 1. The first kappa shape index (κ1) is 25.0. The van der Waals surface area contributed by atoms with Gasteiger partial charge in [0.1, 0.15) is 5.82 Å². The summed E-state index contributed by atoms with van der Waals surface area (Å²) in [5.41, 5.74) is 0.810. The summed E-state index contributed by atoms with van der Waals surface area (Å²) in [6.07, 6.45) is -3.17. The van der Waals surface area contributed by atoms with Gasteiger partial charge in [-0.1, -0.05) is 18.2 Å². The van der Waals surface area contributed by atoms with Crippen LogP contribution >= 0.6 is 0 Å². The first-order valence-corrected chi connectivity index (χ1v) is 12.4. The number of aromatic nitrogens is 1. The van der Waals surface area contributed by atoms with Gasteiger partial charge in [-0.05, 0) is 67.8 Å². The van der Waals surface area contributed by atoms with Gasteiger partial charge in [0.25, 0.3) is 0 Å². The van der Waals surface area contributed by atoms with E-state index < -0.39 is 33.6 Å². The molecule has 3 aromatic rings. The van der Waals surface area contributed by atoms with E-state index in [-0.39, 0.29) is 30.1 Å². The maximum Gasteiger partial charge on any atom is 0.416 e. The van der Waals surface area contributed by atoms with Crippen molar-refractivity contribution in [3.8, 4) is 11.3 Å². The second kappa shape index (κ2) is 9.87. The highest BCUT2D eigenvalue weighted by molar-refractivity contribution is 7.89.